The molecule has 3 nitrogen and oxygen atoms in total. The molecule has 2 aromatic carbocycles. The summed E-state index contributed by atoms with van der Waals surface area (Å²) in [5, 5.41) is 7.02. The second-order valence-electron chi connectivity index (χ2n) is 7.41. The number of nitrogens with one attached hydrogen (secondary N) is 2. The van der Waals surface area contributed by atoms with Crippen LogP contribution in [0.2, 0.25) is 0 Å². The average Bonchev–Trinajstić information content (AvgIpc) is 2.64. The predicted molar refractivity (Wildman–Crippen MR) is 118 cm³/mol. The summed E-state index contributed by atoms with van der Waals surface area (Å²) in [6.45, 7) is 11.3. The van der Waals surface area contributed by atoms with E-state index in [1.165, 1.54) is 48.1 Å². The molecular weight excluding hydrogens is 332 g/mol. The van der Waals surface area contributed by atoms with E-state index in [1.54, 1.807) is 0 Å². The average molecular weight is 369 g/mol. The van der Waals surface area contributed by atoms with E-state index in [0.29, 0.717) is 0 Å². The fourth-order valence-electron chi connectivity index (χ4n) is 3.42. The lowest BCUT2D eigenvalue weighted by molar-refractivity contribution is 0.304. The zero-order valence-electron chi connectivity index (χ0n) is 17.5. The van der Waals surface area contributed by atoms with Crippen molar-refractivity contribution in [3.8, 4) is 5.75 Å². The lowest BCUT2D eigenvalue weighted by Gasteiger charge is -2.14. The van der Waals surface area contributed by atoms with Crippen LogP contribution in [0.25, 0.3) is 0 Å². The van der Waals surface area contributed by atoms with Crippen LogP contribution >= 0.6 is 0 Å². The summed E-state index contributed by atoms with van der Waals surface area (Å²) in [4.78, 5) is 0. The number of hydrogen-bond donors (Lipinski definition) is 2. The van der Waals surface area contributed by atoms with Crippen molar-refractivity contribution in [3.63, 3.8) is 0 Å². The molecule has 0 aliphatic carbocycles. The molecule has 27 heavy (non-hydrogen) atoms. The third kappa shape index (κ3) is 7.54. The first kappa shape index (κ1) is 21.1. The molecule has 0 bridgehead atoms. The van der Waals surface area contributed by atoms with Crippen molar-refractivity contribution < 1.29 is 4.74 Å². The first-order chi connectivity index (χ1) is 13.1. The molecule has 0 aliphatic rings. The fraction of sp³-hybridized carbons (Fsp3) is 0.500. The molecule has 0 aromatic heterocycles. The Morgan fingerprint density at radius 2 is 1.41 bits per heavy atom. The third-order valence-electron chi connectivity index (χ3n) is 4.80. The van der Waals surface area contributed by atoms with E-state index in [2.05, 4.69) is 74.7 Å². The number of benzene rings is 2. The van der Waals surface area contributed by atoms with Gasteiger partial charge in [-0.2, -0.15) is 0 Å². The van der Waals surface area contributed by atoms with E-state index in [0.717, 1.165) is 37.6 Å². The Hall–Kier alpha value is -2.16. The monoisotopic (exact) mass is 368 g/mol. The third-order valence-corrected chi connectivity index (χ3v) is 4.80. The molecule has 2 rings (SSSR count). The van der Waals surface area contributed by atoms with Gasteiger partial charge in [-0.3, -0.25) is 0 Å². The summed E-state index contributed by atoms with van der Waals surface area (Å²) in [5.41, 5.74) is 6.32. The number of aryl methyl sites for hydroxylation is 3. The van der Waals surface area contributed by atoms with E-state index in [1.807, 2.05) is 0 Å². The van der Waals surface area contributed by atoms with Gasteiger partial charge in [0.1, 0.15) is 5.75 Å². The Morgan fingerprint density at radius 1 is 0.778 bits per heavy atom. The molecule has 0 saturated heterocycles. The molecule has 0 spiro atoms. The van der Waals surface area contributed by atoms with Gasteiger partial charge in [-0.1, -0.05) is 50.3 Å². The van der Waals surface area contributed by atoms with E-state index in [-0.39, 0.29) is 0 Å². The topological polar surface area (TPSA) is 33.3 Å². The zero-order valence-corrected chi connectivity index (χ0v) is 17.5. The van der Waals surface area contributed by atoms with Crippen LogP contribution in [-0.2, 0) is 0 Å². The van der Waals surface area contributed by atoms with Gasteiger partial charge in [-0.25, -0.2) is 0 Å². The number of unbranched alkanes of at least 4 members (excludes halogenated alkanes) is 4. The molecule has 0 unspecified atom stereocenters. The number of ether oxygens (including phenoxy) is 1. The normalized spacial score (nSPS) is 10.7. The van der Waals surface area contributed by atoms with Crippen LogP contribution in [0.3, 0.4) is 0 Å². The van der Waals surface area contributed by atoms with Crippen LogP contribution in [0, 0.1) is 20.8 Å². The van der Waals surface area contributed by atoms with E-state index >= 15 is 0 Å². The van der Waals surface area contributed by atoms with Gasteiger partial charge in [0.25, 0.3) is 0 Å². The molecule has 0 fully saturated rings. The van der Waals surface area contributed by atoms with Crippen molar-refractivity contribution in [2.45, 2.75) is 59.8 Å². The molecule has 0 amide bonds. The van der Waals surface area contributed by atoms with Gasteiger partial charge in [-0.15, -0.1) is 0 Å². The molecule has 0 atom stereocenters. The lowest BCUT2D eigenvalue weighted by atomic mass is 10.1. The molecule has 0 aliphatic heterocycles. The highest BCUT2D eigenvalue weighted by Crippen LogP contribution is 2.21. The van der Waals surface area contributed by atoms with Crippen molar-refractivity contribution in [2.75, 3.05) is 30.3 Å². The quantitative estimate of drug-likeness (QED) is 0.420. The molecule has 3 heteroatoms. The van der Waals surface area contributed by atoms with Gasteiger partial charge >= 0.3 is 0 Å². The maximum atomic E-state index is 5.82. The second kappa shape index (κ2) is 11.5. The highest BCUT2D eigenvalue weighted by molar-refractivity contribution is 5.58. The first-order valence-corrected chi connectivity index (χ1v) is 10.4. The van der Waals surface area contributed by atoms with Crippen molar-refractivity contribution in [1.82, 2.24) is 0 Å². The maximum Gasteiger partial charge on any atom is 0.119 e. The van der Waals surface area contributed by atoms with Crippen molar-refractivity contribution in [3.05, 3.63) is 53.1 Å². The number of rotatable bonds is 12. The number of hydrogen-bond acceptors (Lipinski definition) is 3. The van der Waals surface area contributed by atoms with Crippen LogP contribution in [-0.4, -0.2) is 19.7 Å². The minimum absolute atomic E-state index is 0.815. The van der Waals surface area contributed by atoms with Crippen LogP contribution < -0.4 is 15.4 Å². The van der Waals surface area contributed by atoms with Gasteiger partial charge < -0.3 is 15.4 Å². The smallest absolute Gasteiger partial charge is 0.119 e. The predicted octanol–water partition coefficient (Wildman–Crippen LogP) is 6.49. The lowest BCUT2D eigenvalue weighted by Crippen LogP contribution is -2.15. The van der Waals surface area contributed by atoms with Crippen molar-refractivity contribution in [2.24, 2.45) is 0 Å². The minimum Gasteiger partial charge on any atom is -0.494 e. The molecular formula is C24H36N2O. The van der Waals surface area contributed by atoms with Crippen LogP contribution in [0.5, 0.6) is 5.75 Å². The van der Waals surface area contributed by atoms with Crippen LogP contribution in [0.1, 0.15) is 55.7 Å². The summed E-state index contributed by atoms with van der Waals surface area (Å²) in [7, 11) is 0. The Balaban J connectivity index is 1.67. The van der Waals surface area contributed by atoms with Gasteiger partial charge in [0.2, 0.25) is 0 Å². The summed E-state index contributed by atoms with van der Waals surface area (Å²) in [5.74, 6) is 0.958. The second-order valence-corrected chi connectivity index (χ2v) is 7.41. The maximum absolute atomic E-state index is 5.82. The standard InChI is InChI=1S/C24H36N2O/c1-5-6-7-8-9-16-27-23-12-10-22(11-13-23)25-14-15-26-24-20(3)17-19(2)18-21(24)4/h10-13,17-18,25-26H,5-9,14-16H2,1-4H3. The first-order valence-electron chi connectivity index (χ1n) is 10.4. The fourth-order valence-corrected chi connectivity index (χ4v) is 3.42. The van der Waals surface area contributed by atoms with Gasteiger partial charge in [-0.05, 0) is 62.6 Å². The largest absolute Gasteiger partial charge is 0.494 e. The molecule has 148 valence electrons. The van der Waals surface area contributed by atoms with Crippen LogP contribution in [0.15, 0.2) is 36.4 Å². The summed E-state index contributed by atoms with van der Waals surface area (Å²) >= 11 is 0. The van der Waals surface area contributed by atoms with Gasteiger partial charge in [0.15, 0.2) is 0 Å². The summed E-state index contributed by atoms with van der Waals surface area (Å²) in [6, 6.07) is 12.7. The Morgan fingerprint density at radius 3 is 2.07 bits per heavy atom. The SMILES string of the molecule is CCCCCCCOc1ccc(NCCNc2c(C)cc(C)cc2C)cc1. The van der Waals surface area contributed by atoms with Gasteiger partial charge in [0, 0.05) is 24.5 Å². The Labute approximate surface area is 165 Å². The van der Waals surface area contributed by atoms with E-state index in [4.69, 9.17) is 4.74 Å². The molecule has 0 saturated carbocycles. The molecule has 2 aromatic rings. The highest BCUT2D eigenvalue weighted by atomic mass is 16.5. The molecule has 2 N–H and O–H groups in total. The summed E-state index contributed by atoms with van der Waals surface area (Å²) < 4.78 is 5.82. The van der Waals surface area contributed by atoms with Crippen molar-refractivity contribution >= 4 is 11.4 Å². The van der Waals surface area contributed by atoms with E-state index in [9.17, 15) is 0 Å². The Bertz CT molecular complexity index is 656. The zero-order chi connectivity index (χ0) is 19.5. The van der Waals surface area contributed by atoms with Gasteiger partial charge in [0.05, 0.1) is 6.61 Å². The Kier molecular flexibility index (Phi) is 9.03. The highest BCUT2D eigenvalue weighted by Gasteiger charge is 2.03. The number of anilines is 2. The van der Waals surface area contributed by atoms with Crippen LogP contribution in [0.4, 0.5) is 11.4 Å². The molecule has 0 radical (unpaired) electrons. The van der Waals surface area contributed by atoms with E-state index < -0.39 is 0 Å². The summed E-state index contributed by atoms with van der Waals surface area (Å²) in [6.07, 6.45) is 6.34. The minimum atomic E-state index is 0.815. The molecule has 0 heterocycles. The van der Waals surface area contributed by atoms with Crippen molar-refractivity contribution in [1.29, 1.82) is 0 Å².